The van der Waals surface area contributed by atoms with Gasteiger partial charge in [-0.15, -0.1) is 0 Å². The fourth-order valence-corrected chi connectivity index (χ4v) is 3.12. The molecule has 18 heavy (non-hydrogen) atoms. The number of rotatable bonds is 5. The summed E-state index contributed by atoms with van der Waals surface area (Å²) < 4.78 is 0. The molecule has 0 unspecified atom stereocenters. The van der Waals surface area contributed by atoms with Crippen molar-refractivity contribution in [1.82, 2.24) is 5.32 Å². The van der Waals surface area contributed by atoms with Crippen LogP contribution in [0.4, 0.5) is 0 Å². The van der Waals surface area contributed by atoms with Crippen molar-refractivity contribution in [3.8, 4) is 0 Å². The molecule has 3 heteroatoms. The minimum atomic E-state index is 0.360. The quantitative estimate of drug-likeness (QED) is 0.827. The van der Waals surface area contributed by atoms with E-state index in [1.54, 1.807) is 0 Å². The largest absolute Gasteiger partial charge is 0.314 e. The van der Waals surface area contributed by atoms with Crippen molar-refractivity contribution in [3.05, 3.63) is 33.8 Å². The number of halogens is 2. The van der Waals surface area contributed by atoms with Crippen LogP contribution in [0, 0.1) is 5.41 Å². The number of hydrogen-bond acceptors (Lipinski definition) is 1. The lowest BCUT2D eigenvalue weighted by atomic mass is 9.65. The third kappa shape index (κ3) is 3.20. The van der Waals surface area contributed by atoms with Crippen LogP contribution in [0.2, 0.25) is 10.0 Å². The van der Waals surface area contributed by atoms with E-state index in [-0.39, 0.29) is 0 Å². The Bertz CT molecular complexity index is 391. The lowest BCUT2D eigenvalue weighted by Gasteiger charge is -2.43. The monoisotopic (exact) mass is 285 g/mol. The zero-order valence-corrected chi connectivity index (χ0v) is 12.6. The van der Waals surface area contributed by atoms with E-state index < -0.39 is 0 Å². The third-order valence-electron chi connectivity index (χ3n) is 3.91. The molecule has 1 aromatic carbocycles. The minimum absolute atomic E-state index is 0.360. The molecule has 1 aliphatic carbocycles. The Kier molecular flexibility index (Phi) is 4.58. The smallest absolute Gasteiger partial charge is 0.0453 e. The lowest BCUT2D eigenvalue weighted by molar-refractivity contribution is 0.127. The molecule has 1 N–H and O–H groups in total. The highest BCUT2D eigenvalue weighted by atomic mass is 35.5. The van der Waals surface area contributed by atoms with Crippen LogP contribution in [-0.4, -0.2) is 12.6 Å². The maximum absolute atomic E-state index is 6.27. The standard InChI is InChI=1S/C15H21Cl2N/c1-11(2)18-10-15(7-4-8-15)9-12-13(16)5-3-6-14(12)17/h3,5-6,11,18H,4,7-10H2,1-2H3. The molecular weight excluding hydrogens is 265 g/mol. The normalized spacial score (nSPS) is 17.8. The zero-order chi connectivity index (χ0) is 13.2. The molecule has 1 saturated carbocycles. The topological polar surface area (TPSA) is 12.0 Å². The van der Waals surface area contributed by atoms with Crippen molar-refractivity contribution < 1.29 is 0 Å². The SMILES string of the molecule is CC(C)NCC1(Cc2c(Cl)cccc2Cl)CCC1. The Labute approximate surface area is 120 Å². The minimum Gasteiger partial charge on any atom is -0.314 e. The molecule has 1 fully saturated rings. The van der Waals surface area contributed by atoms with Crippen molar-refractivity contribution in [1.29, 1.82) is 0 Å². The molecule has 0 amide bonds. The van der Waals surface area contributed by atoms with Crippen LogP contribution in [0.5, 0.6) is 0 Å². The summed E-state index contributed by atoms with van der Waals surface area (Å²) in [5.74, 6) is 0. The van der Waals surface area contributed by atoms with Gasteiger partial charge >= 0.3 is 0 Å². The molecule has 1 aromatic rings. The van der Waals surface area contributed by atoms with Gasteiger partial charge in [-0.05, 0) is 42.4 Å². The van der Waals surface area contributed by atoms with E-state index in [0.29, 0.717) is 11.5 Å². The van der Waals surface area contributed by atoms with Crippen molar-refractivity contribution in [3.63, 3.8) is 0 Å². The van der Waals surface area contributed by atoms with E-state index in [4.69, 9.17) is 23.2 Å². The second-order valence-corrected chi connectivity index (χ2v) is 6.58. The van der Waals surface area contributed by atoms with Crippen molar-refractivity contribution in [2.75, 3.05) is 6.54 Å². The summed E-state index contributed by atoms with van der Waals surface area (Å²) in [6.07, 6.45) is 4.86. The van der Waals surface area contributed by atoms with Crippen LogP contribution in [0.3, 0.4) is 0 Å². The van der Waals surface area contributed by atoms with Crippen LogP contribution in [0.1, 0.15) is 38.7 Å². The van der Waals surface area contributed by atoms with Gasteiger partial charge in [-0.1, -0.05) is 49.5 Å². The fourth-order valence-electron chi connectivity index (χ4n) is 2.59. The Balaban J connectivity index is 2.10. The van der Waals surface area contributed by atoms with Crippen molar-refractivity contribution >= 4 is 23.2 Å². The average Bonchev–Trinajstić information content (AvgIpc) is 2.25. The number of hydrogen-bond donors (Lipinski definition) is 1. The third-order valence-corrected chi connectivity index (χ3v) is 4.62. The summed E-state index contributed by atoms with van der Waals surface area (Å²) >= 11 is 12.5. The molecule has 0 heterocycles. The second kappa shape index (κ2) is 5.81. The molecular formula is C15H21Cl2N. The summed E-state index contributed by atoms with van der Waals surface area (Å²) in [6, 6.07) is 6.31. The molecule has 0 bridgehead atoms. The predicted octanol–water partition coefficient (Wildman–Crippen LogP) is 4.70. The molecule has 0 atom stereocenters. The molecule has 0 radical (unpaired) electrons. The van der Waals surface area contributed by atoms with Gasteiger partial charge in [-0.2, -0.15) is 0 Å². The second-order valence-electron chi connectivity index (χ2n) is 5.77. The number of benzene rings is 1. The predicted molar refractivity (Wildman–Crippen MR) is 79.6 cm³/mol. The van der Waals surface area contributed by atoms with Gasteiger partial charge in [0, 0.05) is 22.6 Å². The molecule has 0 saturated heterocycles. The Hall–Kier alpha value is -0.240. The first kappa shape index (κ1) is 14.2. The summed E-state index contributed by atoms with van der Waals surface area (Å²) in [4.78, 5) is 0. The highest BCUT2D eigenvalue weighted by Crippen LogP contribution is 2.45. The first-order valence-electron chi connectivity index (χ1n) is 6.69. The highest BCUT2D eigenvalue weighted by Gasteiger charge is 2.37. The molecule has 0 aliphatic heterocycles. The van der Waals surface area contributed by atoms with Crippen LogP contribution in [0.25, 0.3) is 0 Å². The van der Waals surface area contributed by atoms with Gasteiger partial charge in [-0.25, -0.2) is 0 Å². The van der Waals surface area contributed by atoms with Crippen molar-refractivity contribution in [2.45, 2.75) is 45.6 Å². The summed E-state index contributed by atoms with van der Waals surface area (Å²) in [7, 11) is 0. The first-order chi connectivity index (χ1) is 8.52. The molecule has 0 spiro atoms. The Morgan fingerprint density at radius 2 is 1.83 bits per heavy atom. The fraction of sp³-hybridized carbons (Fsp3) is 0.600. The zero-order valence-electron chi connectivity index (χ0n) is 11.1. The van der Waals surface area contributed by atoms with Crippen LogP contribution < -0.4 is 5.32 Å². The molecule has 100 valence electrons. The van der Waals surface area contributed by atoms with Crippen molar-refractivity contribution in [2.24, 2.45) is 5.41 Å². The molecule has 1 aliphatic rings. The van der Waals surface area contributed by atoms with Crippen LogP contribution in [0.15, 0.2) is 18.2 Å². The lowest BCUT2D eigenvalue weighted by Crippen LogP contribution is -2.43. The van der Waals surface area contributed by atoms with Crippen LogP contribution >= 0.6 is 23.2 Å². The van der Waals surface area contributed by atoms with Crippen LogP contribution in [-0.2, 0) is 6.42 Å². The van der Waals surface area contributed by atoms with Gasteiger partial charge < -0.3 is 5.32 Å². The van der Waals surface area contributed by atoms with E-state index in [0.717, 1.165) is 28.6 Å². The molecule has 1 nitrogen and oxygen atoms in total. The van der Waals surface area contributed by atoms with Gasteiger partial charge in [0.1, 0.15) is 0 Å². The summed E-state index contributed by atoms with van der Waals surface area (Å²) in [6.45, 7) is 5.44. The summed E-state index contributed by atoms with van der Waals surface area (Å²) in [5.41, 5.74) is 1.48. The first-order valence-corrected chi connectivity index (χ1v) is 7.44. The van der Waals surface area contributed by atoms with E-state index in [1.165, 1.54) is 19.3 Å². The van der Waals surface area contributed by atoms with E-state index >= 15 is 0 Å². The Morgan fingerprint density at radius 3 is 2.28 bits per heavy atom. The number of nitrogens with one attached hydrogen (secondary N) is 1. The Morgan fingerprint density at radius 1 is 1.22 bits per heavy atom. The van der Waals surface area contributed by atoms with Gasteiger partial charge in [0.2, 0.25) is 0 Å². The maximum Gasteiger partial charge on any atom is 0.0453 e. The highest BCUT2D eigenvalue weighted by molar-refractivity contribution is 6.36. The average molecular weight is 286 g/mol. The molecule has 2 rings (SSSR count). The van der Waals surface area contributed by atoms with Gasteiger partial charge in [0.05, 0.1) is 0 Å². The van der Waals surface area contributed by atoms with Gasteiger partial charge in [-0.3, -0.25) is 0 Å². The van der Waals surface area contributed by atoms with Gasteiger partial charge in [0.25, 0.3) is 0 Å². The maximum atomic E-state index is 6.27. The van der Waals surface area contributed by atoms with Gasteiger partial charge in [0.15, 0.2) is 0 Å². The van der Waals surface area contributed by atoms with E-state index in [2.05, 4.69) is 19.2 Å². The van der Waals surface area contributed by atoms with E-state index in [9.17, 15) is 0 Å². The molecule has 0 aromatic heterocycles. The van der Waals surface area contributed by atoms with E-state index in [1.807, 2.05) is 18.2 Å². The summed E-state index contributed by atoms with van der Waals surface area (Å²) in [5, 5.41) is 5.17.